The lowest BCUT2D eigenvalue weighted by atomic mass is 10.1. The predicted octanol–water partition coefficient (Wildman–Crippen LogP) is 2.29. The lowest BCUT2D eigenvalue weighted by Crippen LogP contribution is -2.34. The molecule has 0 spiro atoms. The normalized spacial score (nSPS) is 16.6. The Morgan fingerprint density at radius 1 is 1.33 bits per heavy atom. The van der Waals surface area contributed by atoms with Crippen molar-refractivity contribution in [1.82, 2.24) is 10.2 Å². The van der Waals surface area contributed by atoms with Crippen molar-refractivity contribution in [3.05, 3.63) is 23.7 Å². The number of carbonyl (C=O) groups is 1. The second-order valence-corrected chi connectivity index (χ2v) is 5.18. The molecule has 0 bridgehead atoms. The average molecular weight is 250 g/mol. The number of hydrogen-bond acceptors (Lipinski definition) is 3. The summed E-state index contributed by atoms with van der Waals surface area (Å²) in [5.74, 6) is 2.06. The molecule has 0 atom stereocenters. The highest BCUT2D eigenvalue weighted by Gasteiger charge is 2.19. The number of hydrogen-bond donors (Lipinski definition) is 1. The van der Waals surface area contributed by atoms with Gasteiger partial charge in [-0.25, -0.2) is 0 Å². The van der Waals surface area contributed by atoms with Crippen molar-refractivity contribution in [2.24, 2.45) is 0 Å². The summed E-state index contributed by atoms with van der Waals surface area (Å²) < 4.78 is 5.73. The summed E-state index contributed by atoms with van der Waals surface area (Å²) in [7, 11) is 0. The summed E-state index contributed by atoms with van der Waals surface area (Å²) >= 11 is 0. The smallest absolute Gasteiger partial charge is 0.222 e. The second kappa shape index (κ2) is 6.05. The maximum absolute atomic E-state index is 11.7. The molecule has 2 rings (SSSR count). The lowest BCUT2D eigenvalue weighted by molar-refractivity contribution is -0.134. The highest BCUT2D eigenvalue weighted by Crippen LogP contribution is 2.16. The van der Waals surface area contributed by atoms with E-state index in [9.17, 15) is 4.79 Å². The van der Waals surface area contributed by atoms with E-state index >= 15 is 0 Å². The molecule has 4 nitrogen and oxygen atoms in total. The molecule has 1 amide bonds. The number of furan rings is 1. The van der Waals surface area contributed by atoms with Gasteiger partial charge in [0.2, 0.25) is 5.91 Å². The molecule has 1 aromatic rings. The van der Waals surface area contributed by atoms with Gasteiger partial charge in [-0.15, -0.1) is 0 Å². The van der Waals surface area contributed by atoms with Gasteiger partial charge in [-0.2, -0.15) is 0 Å². The number of nitrogens with one attached hydrogen (secondary N) is 1. The molecule has 1 saturated heterocycles. The summed E-state index contributed by atoms with van der Waals surface area (Å²) in [6.45, 7) is 6.43. The molecule has 0 unspecified atom stereocenters. The Kier molecular flexibility index (Phi) is 4.42. The standard InChI is InChI=1S/C14H22N2O2/c1-11(2)15-9-12-6-7-13(18-12)10-16-8-4-3-5-14(16)17/h6-7,11,15H,3-5,8-10H2,1-2H3. The van der Waals surface area contributed by atoms with Crippen molar-refractivity contribution in [2.75, 3.05) is 6.54 Å². The summed E-state index contributed by atoms with van der Waals surface area (Å²) in [5, 5.41) is 3.31. The van der Waals surface area contributed by atoms with E-state index in [0.717, 1.165) is 37.5 Å². The fourth-order valence-corrected chi connectivity index (χ4v) is 2.12. The SMILES string of the molecule is CC(C)NCc1ccc(CN2CCCCC2=O)o1. The Morgan fingerprint density at radius 3 is 2.83 bits per heavy atom. The van der Waals surface area contributed by atoms with Gasteiger partial charge in [0.05, 0.1) is 13.1 Å². The second-order valence-electron chi connectivity index (χ2n) is 5.18. The van der Waals surface area contributed by atoms with Crippen LogP contribution in [-0.2, 0) is 17.9 Å². The molecule has 4 heteroatoms. The number of piperidine rings is 1. The first-order chi connectivity index (χ1) is 8.65. The molecule has 1 aliphatic rings. The van der Waals surface area contributed by atoms with Crippen LogP contribution in [0.5, 0.6) is 0 Å². The van der Waals surface area contributed by atoms with E-state index in [0.29, 0.717) is 19.0 Å². The summed E-state index contributed by atoms with van der Waals surface area (Å²) in [5.41, 5.74) is 0. The van der Waals surface area contributed by atoms with Crippen molar-refractivity contribution in [2.45, 2.75) is 52.2 Å². The number of nitrogens with zero attached hydrogens (tertiary/aromatic N) is 1. The molecule has 1 aliphatic heterocycles. The first-order valence-corrected chi connectivity index (χ1v) is 6.74. The van der Waals surface area contributed by atoms with Gasteiger partial charge in [-0.05, 0) is 25.0 Å². The Bertz CT molecular complexity index is 398. The minimum atomic E-state index is 0.250. The molecule has 1 N–H and O–H groups in total. The van der Waals surface area contributed by atoms with Gasteiger partial charge in [-0.3, -0.25) is 4.79 Å². The van der Waals surface area contributed by atoms with Crippen molar-refractivity contribution >= 4 is 5.91 Å². The van der Waals surface area contributed by atoms with E-state index in [1.807, 2.05) is 17.0 Å². The van der Waals surface area contributed by atoms with Crippen molar-refractivity contribution in [1.29, 1.82) is 0 Å². The fourth-order valence-electron chi connectivity index (χ4n) is 2.12. The third-order valence-corrected chi connectivity index (χ3v) is 3.17. The average Bonchev–Trinajstić information content (AvgIpc) is 2.77. The van der Waals surface area contributed by atoms with E-state index in [4.69, 9.17) is 4.42 Å². The van der Waals surface area contributed by atoms with Gasteiger partial charge in [-0.1, -0.05) is 13.8 Å². The number of amides is 1. The van der Waals surface area contributed by atoms with Gasteiger partial charge in [0, 0.05) is 19.0 Å². The van der Waals surface area contributed by atoms with Crippen LogP contribution in [0.25, 0.3) is 0 Å². The van der Waals surface area contributed by atoms with Crippen molar-refractivity contribution in [3.8, 4) is 0 Å². The van der Waals surface area contributed by atoms with Crippen LogP contribution in [0, 0.1) is 0 Å². The number of likely N-dealkylation sites (tertiary alicyclic amines) is 1. The van der Waals surface area contributed by atoms with Crippen LogP contribution in [0.2, 0.25) is 0 Å². The quantitative estimate of drug-likeness (QED) is 0.872. The summed E-state index contributed by atoms with van der Waals surface area (Å²) in [6.07, 6.45) is 2.81. The molecule has 0 saturated carbocycles. The molecule has 0 radical (unpaired) electrons. The van der Waals surface area contributed by atoms with E-state index in [1.54, 1.807) is 0 Å². The topological polar surface area (TPSA) is 45.5 Å². The minimum absolute atomic E-state index is 0.250. The number of rotatable bonds is 5. The first-order valence-electron chi connectivity index (χ1n) is 6.74. The van der Waals surface area contributed by atoms with E-state index < -0.39 is 0 Å². The van der Waals surface area contributed by atoms with Crippen LogP contribution < -0.4 is 5.32 Å². The van der Waals surface area contributed by atoms with Gasteiger partial charge >= 0.3 is 0 Å². The third kappa shape index (κ3) is 3.60. The molecular formula is C14H22N2O2. The molecule has 18 heavy (non-hydrogen) atoms. The molecular weight excluding hydrogens is 228 g/mol. The fraction of sp³-hybridized carbons (Fsp3) is 0.643. The Hall–Kier alpha value is -1.29. The Morgan fingerprint density at radius 2 is 2.11 bits per heavy atom. The highest BCUT2D eigenvalue weighted by molar-refractivity contribution is 5.76. The zero-order valence-electron chi connectivity index (χ0n) is 11.2. The maximum Gasteiger partial charge on any atom is 0.222 e. The zero-order chi connectivity index (χ0) is 13.0. The van der Waals surface area contributed by atoms with Crippen LogP contribution in [0.15, 0.2) is 16.5 Å². The van der Waals surface area contributed by atoms with Crippen molar-refractivity contribution in [3.63, 3.8) is 0 Å². The van der Waals surface area contributed by atoms with Crippen molar-refractivity contribution < 1.29 is 9.21 Å². The van der Waals surface area contributed by atoms with Crippen LogP contribution in [0.4, 0.5) is 0 Å². The molecule has 0 aromatic carbocycles. The van der Waals surface area contributed by atoms with Gasteiger partial charge in [0.1, 0.15) is 11.5 Å². The highest BCUT2D eigenvalue weighted by atomic mass is 16.3. The van der Waals surface area contributed by atoms with Gasteiger partial charge in [0.25, 0.3) is 0 Å². The Balaban J connectivity index is 1.87. The largest absolute Gasteiger partial charge is 0.463 e. The van der Waals surface area contributed by atoms with Crippen LogP contribution in [-0.4, -0.2) is 23.4 Å². The van der Waals surface area contributed by atoms with Gasteiger partial charge in [0.15, 0.2) is 0 Å². The Labute approximate surface area is 108 Å². The van der Waals surface area contributed by atoms with E-state index in [-0.39, 0.29) is 5.91 Å². The monoisotopic (exact) mass is 250 g/mol. The van der Waals surface area contributed by atoms with Gasteiger partial charge < -0.3 is 14.6 Å². The minimum Gasteiger partial charge on any atom is -0.463 e. The number of carbonyl (C=O) groups excluding carboxylic acids is 1. The molecule has 1 aromatic heterocycles. The van der Waals surface area contributed by atoms with Crippen LogP contribution >= 0.6 is 0 Å². The summed E-state index contributed by atoms with van der Waals surface area (Å²) in [4.78, 5) is 13.6. The van der Waals surface area contributed by atoms with Crippen LogP contribution in [0.3, 0.4) is 0 Å². The molecule has 100 valence electrons. The van der Waals surface area contributed by atoms with E-state index in [2.05, 4.69) is 19.2 Å². The zero-order valence-corrected chi connectivity index (χ0v) is 11.2. The molecule has 0 aliphatic carbocycles. The van der Waals surface area contributed by atoms with E-state index in [1.165, 1.54) is 0 Å². The first kappa shape index (κ1) is 13.1. The lowest BCUT2D eigenvalue weighted by Gasteiger charge is -2.25. The molecule has 1 fully saturated rings. The molecule has 2 heterocycles. The third-order valence-electron chi connectivity index (χ3n) is 3.17. The summed E-state index contributed by atoms with van der Waals surface area (Å²) in [6, 6.07) is 4.40. The maximum atomic E-state index is 11.7. The predicted molar refractivity (Wildman–Crippen MR) is 70.0 cm³/mol. The van der Waals surface area contributed by atoms with Crippen LogP contribution in [0.1, 0.15) is 44.6 Å².